The minimum Gasteiger partial charge on any atom is -0.390 e. The van der Waals surface area contributed by atoms with Crippen LogP contribution in [0.2, 0.25) is 0 Å². The molecule has 0 bridgehead atoms. The minimum absolute atomic E-state index is 0.400. The molecule has 0 unspecified atom stereocenters. The molecule has 0 heterocycles. The minimum atomic E-state index is -1.45. The third kappa shape index (κ3) is 1.20. The zero-order valence-corrected chi connectivity index (χ0v) is 5.79. The summed E-state index contributed by atoms with van der Waals surface area (Å²) in [6.45, 7) is 0. The number of hydrogen-bond acceptors (Lipinski definition) is 3. The fraction of sp³-hybridized carbons (Fsp3) is 0.857. The van der Waals surface area contributed by atoms with Crippen LogP contribution in [-0.2, 0) is 4.79 Å². The van der Waals surface area contributed by atoms with Gasteiger partial charge in [-0.3, -0.25) is 0 Å². The molecule has 3 nitrogen and oxygen atoms in total. The Labute approximate surface area is 59.7 Å². The van der Waals surface area contributed by atoms with Gasteiger partial charge in [0, 0.05) is 0 Å². The van der Waals surface area contributed by atoms with E-state index in [1.54, 1.807) is 0 Å². The Hall–Kier alpha value is -0.410. The molecule has 0 aromatic rings. The molecule has 2 N–H and O–H groups in total. The second-order valence-electron chi connectivity index (χ2n) is 2.87. The zero-order chi connectivity index (χ0) is 7.61. The summed E-state index contributed by atoms with van der Waals surface area (Å²) in [5.41, 5.74) is -1.45. The van der Waals surface area contributed by atoms with Crippen molar-refractivity contribution in [1.82, 2.24) is 0 Å². The lowest BCUT2D eigenvalue weighted by atomic mass is 9.83. The Morgan fingerprint density at radius 1 is 1.50 bits per heavy atom. The van der Waals surface area contributed by atoms with E-state index in [2.05, 4.69) is 0 Å². The molecule has 0 aliphatic heterocycles. The molecule has 1 aliphatic carbocycles. The average Bonchev–Trinajstić information content (AvgIpc) is 1.96. The first-order chi connectivity index (χ1) is 4.69. The number of hydrogen-bond donors (Lipinski definition) is 2. The highest BCUT2D eigenvalue weighted by atomic mass is 16.3. The second-order valence-corrected chi connectivity index (χ2v) is 2.87. The van der Waals surface area contributed by atoms with Crippen LogP contribution in [0, 0.1) is 0 Å². The van der Waals surface area contributed by atoms with Crippen molar-refractivity contribution in [3.05, 3.63) is 0 Å². The van der Waals surface area contributed by atoms with Crippen LogP contribution in [0.1, 0.15) is 25.7 Å². The molecular weight excluding hydrogens is 132 g/mol. The standard InChI is InChI=1S/C7H12O3/c8-5-7(10)4-2-1-3-6(7)9/h5-6,9-10H,1-4H2/t6-,7-/m0/s1. The number of aldehydes is 1. The number of carbonyl (C=O) groups is 1. The predicted octanol–water partition coefficient (Wildman–Crippen LogP) is -0.149. The van der Waals surface area contributed by atoms with Gasteiger partial charge in [0.1, 0.15) is 5.60 Å². The molecule has 1 saturated carbocycles. The highest BCUT2D eigenvalue weighted by molar-refractivity contribution is 5.63. The van der Waals surface area contributed by atoms with E-state index in [9.17, 15) is 9.90 Å². The van der Waals surface area contributed by atoms with E-state index in [1.807, 2.05) is 0 Å². The highest BCUT2D eigenvalue weighted by Crippen LogP contribution is 2.26. The molecule has 10 heavy (non-hydrogen) atoms. The van der Waals surface area contributed by atoms with Crippen LogP contribution in [0.4, 0.5) is 0 Å². The Bertz CT molecular complexity index is 135. The molecule has 1 rings (SSSR count). The number of carbonyl (C=O) groups excluding carboxylic acids is 1. The van der Waals surface area contributed by atoms with E-state index in [0.29, 0.717) is 19.1 Å². The largest absolute Gasteiger partial charge is 0.390 e. The number of aliphatic hydroxyl groups excluding tert-OH is 1. The van der Waals surface area contributed by atoms with Gasteiger partial charge in [-0.05, 0) is 19.3 Å². The van der Waals surface area contributed by atoms with Crippen LogP contribution < -0.4 is 0 Å². The monoisotopic (exact) mass is 144 g/mol. The van der Waals surface area contributed by atoms with Crippen LogP contribution in [0.15, 0.2) is 0 Å². The van der Waals surface area contributed by atoms with Crippen LogP contribution >= 0.6 is 0 Å². The van der Waals surface area contributed by atoms with Crippen LogP contribution in [0.3, 0.4) is 0 Å². The van der Waals surface area contributed by atoms with Gasteiger partial charge in [0.2, 0.25) is 0 Å². The second kappa shape index (κ2) is 2.68. The maximum atomic E-state index is 10.3. The summed E-state index contributed by atoms with van der Waals surface area (Å²) < 4.78 is 0. The van der Waals surface area contributed by atoms with Gasteiger partial charge in [-0.25, -0.2) is 0 Å². The van der Waals surface area contributed by atoms with E-state index < -0.39 is 11.7 Å². The van der Waals surface area contributed by atoms with Crippen LogP contribution in [-0.4, -0.2) is 28.2 Å². The van der Waals surface area contributed by atoms with Gasteiger partial charge in [-0.15, -0.1) is 0 Å². The van der Waals surface area contributed by atoms with Crippen molar-refractivity contribution in [2.45, 2.75) is 37.4 Å². The highest BCUT2D eigenvalue weighted by Gasteiger charge is 2.37. The number of rotatable bonds is 1. The topological polar surface area (TPSA) is 57.5 Å². The summed E-state index contributed by atoms with van der Waals surface area (Å²) in [7, 11) is 0. The molecule has 0 radical (unpaired) electrons. The van der Waals surface area contributed by atoms with Gasteiger partial charge >= 0.3 is 0 Å². The fourth-order valence-corrected chi connectivity index (χ4v) is 1.30. The predicted molar refractivity (Wildman–Crippen MR) is 35.5 cm³/mol. The van der Waals surface area contributed by atoms with E-state index in [4.69, 9.17) is 5.11 Å². The lowest BCUT2D eigenvalue weighted by Crippen LogP contribution is -2.46. The molecule has 1 fully saturated rings. The average molecular weight is 144 g/mol. The van der Waals surface area contributed by atoms with Gasteiger partial charge in [0.05, 0.1) is 6.10 Å². The van der Waals surface area contributed by atoms with Crippen LogP contribution in [0.5, 0.6) is 0 Å². The summed E-state index contributed by atoms with van der Waals surface area (Å²) in [6.07, 6.45) is 2.27. The third-order valence-corrected chi connectivity index (χ3v) is 2.09. The van der Waals surface area contributed by atoms with E-state index >= 15 is 0 Å². The van der Waals surface area contributed by atoms with Crippen molar-refractivity contribution in [1.29, 1.82) is 0 Å². The summed E-state index contributed by atoms with van der Waals surface area (Å²) in [4.78, 5) is 10.3. The maximum absolute atomic E-state index is 10.3. The van der Waals surface area contributed by atoms with Gasteiger partial charge in [-0.1, -0.05) is 6.42 Å². The van der Waals surface area contributed by atoms with Crippen LogP contribution in [0.25, 0.3) is 0 Å². The first-order valence-corrected chi connectivity index (χ1v) is 3.56. The summed E-state index contributed by atoms with van der Waals surface area (Å²) in [6, 6.07) is 0. The normalized spacial score (nSPS) is 41.2. The number of aliphatic hydroxyl groups is 2. The molecule has 0 aromatic carbocycles. The smallest absolute Gasteiger partial charge is 0.154 e. The quantitative estimate of drug-likeness (QED) is 0.503. The molecule has 0 aromatic heterocycles. The maximum Gasteiger partial charge on any atom is 0.154 e. The van der Waals surface area contributed by atoms with Gasteiger partial charge in [-0.2, -0.15) is 0 Å². The Morgan fingerprint density at radius 3 is 2.60 bits per heavy atom. The molecule has 3 heteroatoms. The van der Waals surface area contributed by atoms with Gasteiger partial charge in [0.25, 0.3) is 0 Å². The van der Waals surface area contributed by atoms with Crippen molar-refractivity contribution in [2.24, 2.45) is 0 Å². The molecule has 1 aliphatic rings. The molecule has 0 saturated heterocycles. The van der Waals surface area contributed by atoms with Crippen molar-refractivity contribution < 1.29 is 15.0 Å². The third-order valence-electron chi connectivity index (χ3n) is 2.09. The van der Waals surface area contributed by atoms with E-state index in [-0.39, 0.29) is 0 Å². The Morgan fingerprint density at radius 2 is 2.20 bits per heavy atom. The first-order valence-electron chi connectivity index (χ1n) is 3.56. The Kier molecular flexibility index (Phi) is 2.06. The lowest BCUT2D eigenvalue weighted by molar-refractivity contribution is -0.142. The molecule has 0 spiro atoms. The van der Waals surface area contributed by atoms with Crippen molar-refractivity contribution >= 4 is 6.29 Å². The zero-order valence-electron chi connectivity index (χ0n) is 5.79. The molecule has 2 atom stereocenters. The molecular formula is C7H12O3. The van der Waals surface area contributed by atoms with E-state index in [1.165, 1.54) is 0 Å². The van der Waals surface area contributed by atoms with Crippen molar-refractivity contribution in [3.63, 3.8) is 0 Å². The van der Waals surface area contributed by atoms with E-state index in [0.717, 1.165) is 12.8 Å². The molecule has 0 amide bonds. The Balaban J connectivity index is 2.62. The lowest BCUT2D eigenvalue weighted by Gasteiger charge is -2.31. The summed E-state index contributed by atoms with van der Waals surface area (Å²) in [5.74, 6) is 0. The SMILES string of the molecule is O=C[C@@]1(O)CCCC[C@@H]1O. The van der Waals surface area contributed by atoms with Gasteiger partial charge in [0.15, 0.2) is 6.29 Å². The first kappa shape index (κ1) is 7.69. The summed E-state index contributed by atoms with van der Waals surface area (Å²) >= 11 is 0. The van der Waals surface area contributed by atoms with Crippen molar-refractivity contribution in [2.75, 3.05) is 0 Å². The fourth-order valence-electron chi connectivity index (χ4n) is 1.30. The summed E-state index contributed by atoms with van der Waals surface area (Å²) in [5, 5.41) is 18.5. The van der Waals surface area contributed by atoms with Gasteiger partial charge < -0.3 is 15.0 Å². The molecule has 58 valence electrons. The van der Waals surface area contributed by atoms with Crippen molar-refractivity contribution in [3.8, 4) is 0 Å².